The van der Waals surface area contributed by atoms with E-state index in [1.54, 1.807) is 18.2 Å². The largest absolute Gasteiger partial charge is 0.325 e. The molecule has 0 bridgehead atoms. The molecule has 0 atom stereocenters. The van der Waals surface area contributed by atoms with Gasteiger partial charge in [-0.15, -0.1) is 10.2 Å². The quantitative estimate of drug-likeness (QED) is 0.502. The Kier molecular flexibility index (Phi) is 6.65. The van der Waals surface area contributed by atoms with Crippen molar-refractivity contribution in [3.63, 3.8) is 0 Å². The molecule has 1 N–H and O–H groups in total. The minimum atomic E-state index is -0.169. The van der Waals surface area contributed by atoms with Crippen molar-refractivity contribution in [1.29, 1.82) is 0 Å². The van der Waals surface area contributed by atoms with Crippen LogP contribution in [0.5, 0.6) is 0 Å². The average molecular weight is 442 g/mol. The van der Waals surface area contributed by atoms with Crippen LogP contribution in [-0.2, 0) is 11.3 Å². The van der Waals surface area contributed by atoms with Crippen molar-refractivity contribution >= 4 is 58.2 Å². The molecule has 0 aliphatic heterocycles. The molecule has 2 aromatic carbocycles. The first-order valence-electron chi connectivity index (χ1n) is 8.04. The third-order valence-electron chi connectivity index (χ3n) is 3.67. The lowest BCUT2D eigenvalue weighted by Crippen LogP contribution is -2.14. The van der Waals surface area contributed by atoms with Crippen molar-refractivity contribution in [2.24, 2.45) is 0 Å². The molecule has 0 saturated heterocycles. The van der Waals surface area contributed by atoms with Gasteiger partial charge in [-0.2, -0.15) is 0 Å². The predicted molar refractivity (Wildman–Crippen MR) is 112 cm³/mol. The van der Waals surface area contributed by atoms with E-state index >= 15 is 0 Å². The second-order valence-electron chi connectivity index (χ2n) is 5.52. The Morgan fingerprint density at radius 1 is 1.07 bits per heavy atom. The molecule has 5 nitrogen and oxygen atoms in total. The van der Waals surface area contributed by atoms with E-state index in [1.807, 2.05) is 35.8 Å². The van der Waals surface area contributed by atoms with Crippen molar-refractivity contribution in [2.45, 2.75) is 18.6 Å². The van der Waals surface area contributed by atoms with E-state index < -0.39 is 0 Å². The van der Waals surface area contributed by atoms with Gasteiger partial charge in [-0.25, -0.2) is 0 Å². The van der Waals surface area contributed by atoms with Gasteiger partial charge < -0.3 is 9.88 Å². The summed E-state index contributed by atoms with van der Waals surface area (Å²) < 4.78 is 1.96. The zero-order valence-electron chi connectivity index (χ0n) is 14.2. The van der Waals surface area contributed by atoms with Crippen LogP contribution in [0.15, 0.2) is 47.6 Å². The number of rotatable bonds is 6. The highest BCUT2D eigenvalue weighted by molar-refractivity contribution is 7.99. The Labute approximate surface area is 176 Å². The number of anilines is 1. The van der Waals surface area contributed by atoms with E-state index in [-0.39, 0.29) is 11.7 Å². The van der Waals surface area contributed by atoms with E-state index in [9.17, 15) is 4.79 Å². The van der Waals surface area contributed by atoms with E-state index in [1.165, 1.54) is 11.8 Å². The molecule has 1 heterocycles. The fraction of sp³-hybridized carbons (Fsp3) is 0.167. The van der Waals surface area contributed by atoms with Crippen molar-refractivity contribution in [1.82, 2.24) is 14.8 Å². The van der Waals surface area contributed by atoms with Crippen molar-refractivity contribution in [2.75, 3.05) is 11.1 Å². The summed E-state index contributed by atoms with van der Waals surface area (Å²) in [5.41, 5.74) is 1.51. The predicted octanol–water partition coefficient (Wildman–Crippen LogP) is 5.66. The van der Waals surface area contributed by atoms with Gasteiger partial charge in [0.1, 0.15) is 0 Å². The van der Waals surface area contributed by atoms with Crippen LogP contribution in [0, 0.1) is 0 Å². The van der Waals surface area contributed by atoms with Gasteiger partial charge in [-0.1, -0.05) is 46.6 Å². The molecule has 27 heavy (non-hydrogen) atoms. The fourth-order valence-electron chi connectivity index (χ4n) is 2.39. The minimum absolute atomic E-state index is 0.169. The van der Waals surface area contributed by atoms with Gasteiger partial charge in [0.25, 0.3) is 0 Å². The summed E-state index contributed by atoms with van der Waals surface area (Å²) in [6, 6.07) is 12.3. The second kappa shape index (κ2) is 8.97. The first-order valence-corrected chi connectivity index (χ1v) is 10.2. The molecule has 0 aliphatic carbocycles. The van der Waals surface area contributed by atoms with Gasteiger partial charge in [0.05, 0.1) is 15.8 Å². The van der Waals surface area contributed by atoms with E-state index in [4.69, 9.17) is 34.8 Å². The molecule has 3 aromatic rings. The number of halogens is 3. The molecule has 140 valence electrons. The van der Waals surface area contributed by atoms with Crippen molar-refractivity contribution in [3.8, 4) is 11.4 Å². The number of aromatic nitrogens is 3. The molecule has 9 heteroatoms. The monoisotopic (exact) mass is 440 g/mol. The van der Waals surface area contributed by atoms with Gasteiger partial charge in [0, 0.05) is 22.8 Å². The molecular formula is C18H15Cl3N4OS. The zero-order chi connectivity index (χ0) is 19.4. The Hall–Kier alpha value is -1.73. The highest BCUT2D eigenvalue weighted by Gasteiger charge is 2.15. The molecule has 0 radical (unpaired) electrons. The molecule has 0 saturated carbocycles. The Balaban J connectivity index is 1.68. The fourth-order valence-corrected chi connectivity index (χ4v) is 3.62. The maximum absolute atomic E-state index is 12.2. The van der Waals surface area contributed by atoms with Gasteiger partial charge in [-0.3, -0.25) is 4.79 Å². The third-order valence-corrected chi connectivity index (χ3v) is 5.63. The van der Waals surface area contributed by atoms with E-state index in [0.29, 0.717) is 32.5 Å². The summed E-state index contributed by atoms with van der Waals surface area (Å²) in [5, 5.41) is 13.4. The van der Waals surface area contributed by atoms with Gasteiger partial charge in [0.15, 0.2) is 11.0 Å². The van der Waals surface area contributed by atoms with Crippen LogP contribution in [-0.4, -0.2) is 26.4 Å². The Morgan fingerprint density at radius 3 is 2.48 bits per heavy atom. The van der Waals surface area contributed by atoms with Crippen LogP contribution in [0.4, 0.5) is 5.69 Å². The lowest BCUT2D eigenvalue weighted by atomic mass is 10.2. The SMILES string of the molecule is CCn1c(SCC(=O)Nc2ccc(Cl)c(Cl)c2)nnc1-c1ccc(Cl)cc1. The Morgan fingerprint density at radius 2 is 1.81 bits per heavy atom. The molecule has 0 unspecified atom stereocenters. The summed E-state index contributed by atoms with van der Waals surface area (Å²) in [7, 11) is 0. The number of nitrogens with one attached hydrogen (secondary N) is 1. The lowest BCUT2D eigenvalue weighted by Gasteiger charge is -2.08. The molecule has 0 fully saturated rings. The van der Waals surface area contributed by atoms with Crippen molar-refractivity contribution in [3.05, 3.63) is 57.5 Å². The van der Waals surface area contributed by atoms with Crippen LogP contribution in [0.25, 0.3) is 11.4 Å². The standard InChI is InChI=1S/C18H15Cl3N4OS/c1-2-25-17(11-3-5-12(19)6-4-11)23-24-18(25)27-10-16(26)22-13-7-8-14(20)15(21)9-13/h3-9H,2,10H2,1H3,(H,22,26). The highest BCUT2D eigenvalue weighted by Crippen LogP contribution is 2.27. The molecule has 1 aromatic heterocycles. The average Bonchev–Trinajstić information content (AvgIpc) is 3.06. The van der Waals surface area contributed by atoms with Crippen molar-refractivity contribution < 1.29 is 4.79 Å². The molecule has 0 spiro atoms. The number of carbonyl (C=O) groups is 1. The molecule has 1 amide bonds. The van der Waals surface area contributed by atoms with Crippen LogP contribution >= 0.6 is 46.6 Å². The summed E-state index contributed by atoms with van der Waals surface area (Å²) in [6.45, 7) is 2.68. The maximum Gasteiger partial charge on any atom is 0.234 e. The number of hydrogen-bond donors (Lipinski definition) is 1. The molecule has 0 aliphatic rings. The number of carbonyl (C=O) groups excluding carboxylic acids is 1. The first-order chi connectivity index (χ1) is 13.0. The summed E-state index contributed by atoms with van der Waals surface area (Å²) in [4.78, 5) is 12.2. The van der Waals surface area contributed by atoms with Crippen LogP contribution < -0.4 is 5.32 Å². The number of thioether (sulfide) groups is 1. The Bertz CT molecular complexity index is 960. The van der Waals surface area contributed by atoms with Crippen LogP contribution in [0.1, 0.15) is 6.92 Å². The summed E-state index contributed by atoms with van der Waals surface area (Å²) in [5.74, 6) is 0.762. The molecule has 3 rings (SSSR count). The number of amides is 1. The number of nitrogens with zero attached hydrogens (tertiary/aromatic N) is 3. The van der Waals surface area contributed by atoms with Crippen LogP contribution in [0.2, 0.25) is 15.1 Å². The normalized spacial score (nSPS) is 10.8. The number of benzene rings is 2. The van der Waals surface area contributed by atoms with E-state index in [0.717, 1.165) is 11.4 Å². The zero-order valence-corrected chi connectivity index (χ0v) is 17.3. The maximum atomic E-state index is 12.2. The topological polar surface area (TPSA) is 59.8 Å². The first kappa shape index (κ1) is 20.0. The van der Waals surface area contributed by atoms with Gasteiger partial charge >= 0.3 is 0 Å². The third kappa shape index (κ3) is 4.96. The van der Waals surface area contributed by atoms with Gasteiger partial charge in [0.2, 0.25) is 5.91 Å². The summed E-state index contributed by atoms with van der Waals surface area (Å²) >= 11 is 19.1. The van der Waals surface area contributed by atoms with Gasteiger partial charge in [-0.05, 0) is 49.4 Å². The molecular weight excluding hydrogens is 427 g/mol. The second-order valence-corrected chi connectivity index (χ2v) is 7.72. The highest BCUT2D eigenvalue weighted by atomic mass is 35.5. The summed E-state index contributed by atoms with van der Waals surface area (Å²) in [6.07, 6.45) is 0. The smallest absolute Gasteiger partial charge is 0.234 e. The van der Waals surface area contributed by atoms with Crippen LogP contribution in [0.3, 0.4) is 0 Å². The van der Waals surface area contributed by atoms with E-state index in [2.05, 4.69) is 15.5 Å². The minimum Gasteiger partial charge on any atom is -0.325 e. The lowest BCUT2D eigenvalue weighted by molar-refractivity contribution is -0.113. The number of hydrogen-bond acceptors (Lipinski definition) is 4.